The Kier molecular flexibility index (Phi) is 6.87. The Labute approximate surface area is 196 Å². The summed E-state index contributed by atoms with van der Waals surface area (Å²) in [6, 6.07) is 0. The van der Waals surface area contributed by atoms with Crippen LogP contribution in [0.3, 0.4) is 0 Å². The highest BCUT2D eigenvalue weighted by atomic mass is 16.7. The van der Waals surface area contributed by atoms with Gasteiger partial charge < -0.3 is 19.3 Å². The predicted octanol–water partition coefficient (Wildman–Crippen LogP) is 3.37. The second-order valence-corrected chi connectivity index (χ2v) is 10.8. The summed E-state index contributed by atoms with van der Waals surface area (Å²) >= 11 is 0. The van der Waals surface area contributed by atoms with Crippen molar-refractivity contribution in [3.05, 3.63) is 11.6 Å². The van der Waals surface area contributed by atoms with Crippen LogP contribution in [0.15, 0.2) is 11.6 Å². The Balaban J connectivity index is 1.58. The number of aliphatic hydroxyl groups excluding tert-OH is 1. The molecule has 33 heavy (non-hydrogen) atoms. The molecule has 0 saturated heterocycles. The lowest BCUT2D eigenvalue weighted by atomic mass is 9.46. The first-order valence-corrected chi connectivity index (χ1v) is 12.5. The van der Waals surface area contributed by atoms with Gasteiger partial charge in [-0.1, -0.05) is 19.4 Å². The van der Waals surface area contributed by atoms with Crippen molar-refractivity contribution < 1.29 is 33.7 Å². The molecule has 0 radical (unpaired) electrons. The molecule has 184 valence electrons. The summed E-state index contributed by atoms with van der Waals surface area (Å²) in [7, 11) is 0. The summed E-state index contributed by atoms with van der Waals surface area (Å²) in [5.74, 6) is 0.366. The van der Waals surface area contributed by atoms with E-state index in [1.165, 1.54) is 5.57 Å². The van der Waals surface area contributed by atoms with Crippen molar-refractivity contribution >= 4 is 17.5 Å². The van der Waals surface area contributed by atoms with Crippen LogP contribution < -0.4 is 0 Å². The van der Waals surface area contributed by atoms with Gasteiger partial charge in [0.2, 0.25) is 5.78 Å². The zero-order chi connectivity index (χ0) is 23.9. The number of carbonyl (C=O) groups is 3. The van der Waals surface area contributed by atoms with Gasteiger partial charge in [-0.15, -0.1) is 0 Å². The fourth-order valence-corrected chi connectivity index (χ4v) is 7.86. The van der Waals surface area contributed by atoms with E-state index < -0.39 is 29.4 Å². The first-order valence-electron chi connectivity index (χ1n) is 12.5. The molecule has 0 amide bonds. The van der Waals surface area contributed by atoms with Gasteiger partial charge in [-0.25, -0.2) is 4.79 Å². The smallest absolute Gasteiger partial charge is 0.333 e. The van der Waals surface area contributed by atoms with E-state index in [2.05, 4.69) is 13.8 Å². The summed E-state index contributed by atoms with van der Waals surface area (Å²) in [6.45, 7) is 5.79. The van der Waals surface area contributed by atoms with Crippen LogP contribution >= 0.6 is 0 Å². The summed E-state index contributed by atoms with van der Waals surface area (Å²) in [4.78, 5) is 37.9. The molecule has 0 unspecified atom stereocenters. The van der Waals surface area contributed by atoms with E-state index in [0.29, 0.717) is 31.3 Å². The quantitative estimate of drug-likeness (QED) is 0.335. The van der Waals surface area contributed by atoms with Crippen molar-refractivity contribution in [3.63, 3.8) is 0 Å². The van der Waals surface area contributed by atoms with Gasteiger partial charge in [0.1, 0.15) is 20.0 Å². The maximum absolute atomic E-state index is 13.2. The van der Waals surface area contributed by atoms with E-state index in [-0.39, 0.29) is 30.5 Å². The minimum absolute atomic E-state index is 0.00682. The zero-order valence-electron chi connectivity index (χ0n) is 20.2. The highest BCUT2D eigenvalue weighted by molar-refractivity contribution is 5.92. The molecule has 4 aliphatic carbocycles. The molecule has 6 atom stereocenters. The number of fused-ring (bicyclic) bond motifs is 5. The minimum Gasteiger partial charge on any atom is -0.449 e. The van der Waals surface area contributed by atoms with Crippen molar-refractivity contribution in [1.29, 1.82) is 0 Å². The molecular weight excluding hydrogens is 424 g/mol. The van der Waals surface area contributed by atoms with E-state index in [1.807, 2.05) is 13.0 Å². The van der Waals surface area contributed by atoms with Crippen molar-refractivity contribution in [1.82, 2.24) is 0 Å². The number of ketones is 2. The lowest BCUT2D eigenvalue weighted by Gasteiger charge is -2.59. The second-order valence-electron chi connectivity index (χ2n) is 10.8. The van der Waals surface area contributed by atoms with Gasteiger partial charge in [0.15, 0.2) is 11.4 Å². The van der Waals surface area contributed by atoms with E-state index in [9.17, 15) is 19.5 Å². The fourth-order valence-electron chi connectivity index (χ4n) is 7.86. The molecule has 0 aromatic heterocycles. The van der Waals surface area contributed by atoms with Crippen LogP contribution in [0, 0.1) is 28.6 Å². The van der Waals surface area contributed by atoms with E-state index >= 15 is 0 Å². The highest BCUT2D eigenvalue weighted by Gasteiger charge is 2.68. The van der Waals surface area contributed by atoms with Crippen LogP contribution in [0.5, 0.6) is 0 Å². The molecule has 0 aromatic rings. The second kappa shape index (κ2) is 9.23. The molecule has 4 rings (SSSR count). The third-order valence-electron chi connectivity index (χ3n) is 9.55. The monoisotopic (exact) mass is 462 g/mol. The standard InChI is InChI=1S/C26H38O7/c1-4-31-16-32-15-23(30)33-26(22(29)14-27)12-9-21-19-6-5-17-13-18(28)7-10-24(17,2)20(19)8-11-25(21,26)3/h13,19-21,27H,4-12,14-16H2,1-3H3/t19-,20+,21+,24+,25+,26-/m1/s1. The molecule has 0 heterocycles. The summed E-state index contributed by atoms with van der Waals surface area (Å²) < 4.78 is 16.3. The maximum Gasteiger partial charge on any atom is 0.333 e. The number of ether oxygens (including phenoxy) is 3. The SMILES string of the molecule is CCOCOCC(=O)O[C@@]1(C(=O)CO)CC[C@H]2[C@@H]3CCC4=CC(=O)CC[C@]4(C)[C@H]3CC[C@@]21C. The Morgan fingerprint density at radius 3 is 2.55 bits per heavy atom. The fraction of sp³-hybridized carbons (Fsp3) is 0.808. The van der Waals surface area contributed by atoms with E-state index in [1.54, 1.807) is 0 Å². The minimum atomic E-state index is -1.32. The van der Waals surface area contributed by atoms with E-state index in [0.717, 1.165) is 38.5 Å². The van der Waals surface area contributed by atoms with E-state index in [4.69, 9.17) is 14.2 Å². The number of carbonyl (C=O) groups excluding carboxylic acids is 3. The molecule has 7 nitrogen and oxygen atoms in total. The Hall–Kier alpha value is -1.57. The van der Waals surface area contributed by atoms with Crippen LogP contribution in [0.2, 0.25) is 0 Å². The van der Waals surface area contributed by atoms with Crippen molar-refractivity contribution in [2.45, 2.75) is 77.7 Å². The van der Waals surface area contributed by atoms with Gasteiger partial charge in [-0.05, 0) is 81.1 Å². The third-order valence-corrected chi connectivity index (χ3v) is 9.55. The first-order chi connectivity index (χ1) is 15.7. The number of allylic oxidation sites excluding steroid dienone is 1. The number of Topliss-reactive ketones (excluding diaryl/α,β-unsaturated/α-hetero) is 1. The number of esters is 1. The van der Waals surface area contributed by atoms with Gasteiger partial charge in [0, 0.05) is 18.4 Å². The lowest BCUT2D eigenvalue weighted by molar-refractivity contribution is -0.196. The number of hydrogen-bond donors (Lipinski definition) is 1. The molecule has 4 aliphatic rings. The van der Waals surface area contributed by atoms with Gasteiger partial charge in [0.25, 0.3) is 0 Å². The normalized spacial score (nSPS) is 39.8. The molecular formula is C26H38O7. The van der Waals surface area contributed by atoms with Crippen LogP contribution in [0.4, 0.5) is 0 Å². The first kappa shape index (κ1) is 24.6. The average Bonchev–Trinajstić information content (AvgIpc) is 3.09. The van der Waals surface area contributed by atoms with Crippen LogP contribution in [0.25, 0.3) is 0 Å². The molecule has 1 N–H and O–H groups in total. The van der Waals surface area contributed by atoms with Crippen LogP contribution in [-0.2, 0) is 28.6 Å². The molecule has 0 aromatic carbocycles. The van der Waals surface area contributed by atoms with Gasteiger partial charge in [-0.3, -0.25) is 9.59 Å². The topological polar surface area (TPSA) is 99.1 Å². The predicted molar refractivity (Wildman–Crippen MR) is 120 cm³/mol. The van der Waals surface area contributed by atoms with Crippen LogP contribution in [-0.4, -0.2) is 54.9 Å². The Morgan fingerprint density at radius 2 is 1.82 bits per heavy atom. The molecule has 0 aliphatic heterocycles. The van der Waals surface area contributed by atoms with Crippen LogP contribution in [0.1, 0.15) is 72.1 Å². The Bertz CT molecular complexity index is 834. The maximum atomic E-state index is 13.2. The molecule has 7 heteroatoms. The average molecular weight is 463 g/mol. The molecule has 0 bridgehead atoms. The number of rotatable bonds is 8. The third kappa shape index (κ3) is 3.90. The van der Waals surface area contributed by atoms with Crippen molar-refractivity contribution in [3.8, 4) is 0 Å². The van der Waals surface area contributed by atoms with Gasteiger partial charge >= 0.3 is 5.97 Å². The summed E-state index contributed by atoms with van der Waals surface area (Å²) in [5, 5.41) is 9.85. The van der Waals surface area contributed by atoms with Gasteiger partial charge in [-0.2, -0.15) is 0 Å². The Morgan fingerprint density at radius 1 is 1.06 bits per heavy atom. The largest absolute Gasteiger partial charge is 0.449 e. The zero-order valence-corrected chi connectivity index (χ0v) is 20.2. The van der Waals surface area contributed by atoms with Crippen molar-refractivity contribution in [2.24, 2.45) is 28.6 Å². The number of aliphatic hydroxyl groups is 1. The number of hydrogen-bond acceptors (Lipinski definition) is 7. The summed E-state index contributed by atoms with van der Waals surface area (Å²) in [6.07, 6.45) is 8.23. The van der Waals surface area contributed by atoms with Gasteiger partial charge in [0.05, 0.1) is 0 Å². The van der Waals surface area contributed by atoms with Crippen molar-refractivity contribution in [2.75, 3.05) is 26.6 Å². The molecule has 3 fully saturated rings. The molecule has 3 saturated carbocycles. The highest BCUT2D eigenvalue weighted by Crippen LogP contribution is 2.68. The lowest BCUT2D eigenvalue weighted by Crippen LogP contribution is -2.60. The summed E-state index contributed by atoms with van der Waals surface area (Å²) in [5.41, 5.74) is -0.500. The molecule has 0 spiro atoms.